The molecule has 0 spiro atoms. The molecule has 7 heteroatoms. The lowest BCUT2D eigenvalue weighted by Crippen LogP contribution is -2.14. The summed E-state index contributed by atoms with van der Waals surface area (Å²) in [5, 5.41) is 6.37. The Bertz CT molecular complexity index is 641. The summed E-state index contributed by atoms with van der Waals surface area (Å²) in [4.78, 5) is 12.0. The standard InChI is InChI=1S/C15H18N2O5/c1-9-5-13(17-22-9)16-14(18)8-10-6-11(19-2)15(21-4)12(7-10)20-3/h5-7H,8H2,1-4H3,(H,16,17,18). The minimum atomic E-state index is -0.220. The molecule has 0 atom stereocenters. The maximum absolute atomic E-state index is 12.0. The first-order valence-electron chi connectivity index (χ1n) is 6.59. The number of carbonyl (C=O) groups is 1. The monoisotopic (exact) mass is 306 g/mol. The highest BCUT2D eigenvalue weighted by Crippen LogP contribution is 2.38. The van der Waals surface area contributed by atoms with E-state index in [9.17, 15) is 4.79 Å². The highest BCUT2D eigenvalue weighted by atomic mass is 16.5. The van der Waals surface area contributed by atoms with Gasteiger partial charge in [0, 0.05) is 6.07 Å². The Morgan fingerprint density at radius 2 is 1.77 bits per heavy atom. The average molecular weight is 306 g/mol. The number of amides is 1. The van der Waals surface area contributed by atoms with Gasteiger partial charge < -0.3 is 24.1 Å². The van der Waals surface area contributed by atoms with Gasteiger partial charge in [-0.05, 0) is 24.6 Å². The van der Waals surface area contributed by atoms with Crippen molar-refractivity contribution in [2.75, 3.05) is 26.6 Å². The first-order chi connectivity index (χ1) is 10.6. The molecule has 118 valence electrons. The molecule has 0 aliphatic carbocycles. The molecular weight excluding hydrogens is 288 g/mol. The van der Waals surface area contributed by atoms with Crippen molar-refractivity contribution in [1.29, 1.82) is 0 Å². The number of anilines is 1. The van der Waals surface area contributed by atoms with Gasteiger partial charge in [-0.2, -0.15) is 0 Å². The zero-order valence-electron chi connectivity index (χ0n) is 12.9. The van der Waals surface area contributed by atoms with Crippen LogP contribution in [0.3, 0.4) is 0 Å². The van der Waals surface area contributed by atoms with Gasteiger partial charge in [-0.25, -0.2) is 0 Å². The van der Waals surface area contributed by atoms with E-state index in [2.05, 4.69) is 10.5 Å². The molecule has 1 aromatic heterocycles. The van der Waals surface area contributed by atoms with Crippen LogP contribution in [0.5, 0.6) is 17.2 Å². The summed E-state index contributed by atoms with van der Waals surface area (Å²) in [6.45, 7) is 1.75. The topological polar surface area (TPSA) is 82.8 Å². The molecule has 2 rings (SSSR count). The van der Waals surface area contributed by atoms with Crippen LogP contribution in [0, 0.1) is 6.92 Å². The Kier molecular flexibility index (Phi) is 4.88. The zero-order chi connectivity index (χ0) is 16.1. The van der Waals surface area contributed by atoms with Crippen molar-refractivity contribution in [3.05, 3.63) is 29.5 Å². The molecule has 2 aromatic rings. The van der Waals surface area contributed by atoms with E-state index in [1.807, 2.05) is 0 Å². The normalized spacial score (nSPS) is 10.2. The van der Waals surface area contributed by atoms with Gasteiger partial charge in [-0.15, -0.1) is 0 Å². The third-order valence-electron chi connectivity index (χ3n) is 2.98. The van der Waals surface area contributed by atoms with Gasteiger partial charge in [0.2, 0.25) is 11.7 Å². The Morgan fingerprint density at radius 1 is 1.14 bits per heavy atom. The number of aryl methyl sites for hydroxylation is 1. The highest BCUT2D eigenvalue weighted by Gasteiger charge is 2.15. The van der Waals surface area contributed by atoms with Crippen LogP contribution in [0.4, 0.5) is 5.82 Å². The molecule has 1 heterocycles. The van der Waals surface area contributed by atoms with Gasteiger partial charge in [0.15, 0.2) is 17.3 Å². The maximum atomic E-state index is 12.0. The fraction of sp³-hybridized carbons (Fsp3) is 0.333. The van der Waals surface area contributed by atoms with Gasteiger partial charge >= 0.3 is 0 Å². The van der Waals surface area contributed by atoms with E-state index in [0.29, 0.717) is 28.8 Å². The number of hydrogen-bond donors (Lipinski definition) is 1. The van der Waals surface area contributed by atoms with Gasteiger partial charge in [-0.3, -0.25) is 4.79 Å². The number of nitrogens with one attached hydrogen (secondary N) is 1. The summed E-state index contributed by atoms with van der Waals surface area (Å²) in [6, 6.07) is 5.11. The van der Waals surface area contributed by atoms with E-state index < -0.39 is 0 Å². The third kappa shape index (κ3) is 3.49. The Labute approximate surface area is 128 Å². The first-order valence-corrected chi connectivity index (χ1v) is 6.59. The van der Waals surface area contributed by atoms with E-state index in [-0.39, 0.29) is 12.3 Å². The molecule has 0 aliphatic heterocycles. The fourth-order valence-corrected chi connectivity index (χ4v) is 2.04. The second-order valence-corrected chi connectivity index (χ2v) is 4.58. The minimum absolute atomic E-state index is 0.141. The number of nitrogens with zero attached hydrogens (tertiary/aromatic N) is 1. The van der Waals surface area contributed by atoms with Gasteiger partial charge in [0.1, 0.15) is 5.76 Å². The Balaban J connectivity index is 2.16. The van der Waals surface area contributed by atoms with Crippen LogP contribution in [0.1, 0.15) is 11.3 Å². The molecule has 0 fully saturated rings. The summed E-state index contributed by atoms with van der Waals surface area (Å²) in [5.74, 6) is 2.28. The van der Waals surface area contributed by atoms with E-state index >= 15 is 0 Å². The largest absolute Gasteiger partial charge is 0.493 e. The SMILES string of the molecule is COc1cc(CC(=O)Nc2cc(C)on2)cc(OC)c1OC. The van der Waals surface area contributed by atoms with Crippen LogP contribution < -0.4 is 19.5 Å². The minimum Gasteiger partial charge on any atom is -0.493 e. The van der Waals surface area contributed by atoms with Crippen molar-refractivity contribution in [2.45, 2.75) is 13.3 Å². The average Bonchev–Trinajstić information content (AvgIpc) is 2.90. The quantitative estimate of drug-likeness (QED) is 0.881. The number of carbonyl (C=O) groups excluding carboxylic acids is 1. The van der Waals surface area contributed by atoms with E-state index in [1.54, 1.807) is 25.1 Å². The van der Waals surface area contributed by atoms with Crippen molar-refractivity contribution in [3.63, 3.8) is 0 Å². The van der Waals surface area contributed by atoms with Crippen molar-refractivity contribution in [3.8, 4) is 17.2 Å². The molecular formula is C15H18N2O5. The molecule has 0 aliphatic rings. The van der Waals surface area contributed by atoms with Crippen LogP contribution in [-0.4, -0.2) is 32.4 Å². The van der Waals surface area contributed by atoms with Crippen LogP contribution in [0.2, 0.25) is 0 Å². The van der Waals surface area contributed by atoms with Gasteiger partial charge in [0.25, 0.3) is 0 Å². The molecule has 1 amide bonds. The molecule has 0 radical (unpaired) electrons. The lowest BCUT2D eigenvalue weighted by molar-refractivity contribution is -0.115. The van der Waals surface area contributed by atoms with Crippen molar-refractivity contribution in [2.24, 2.45) is 0 Å². The number of methoxy groups -OCH3 is 3. The molecule has 0 bridgehead atoms. The van der Waals surface area contributed by atoms with E-state index in [1.165, 1.54) is 21.3 Å². The number of rotatable bonds is 6. The second kappa shape index (κ2) is 6.84. The van der Waals surface area contributed by atoms with Gasteiger partial charge in [-0.1, -0.05) is 5.16 Å². The molecule has 22 heavy (non-hydrogen) atoms. The predicted molar refractivity (Wildman–Crippen MR) is 79.7 cm³/mol. The molecule has 0 unspecified atom stereocenters. The summed E-state index contributed by atoms with van der Waals surface area (Å²) < 4.78 is 20.7. The summed E-state index contributed by atoms with van der Waals surface area (Å²) in [7, 11) is 4.58. The second-order valence-electron chi connectivity index (χ2n) is 4.58. The molecule has 7 nitrogen and oxygen atoms in total. The van der Waals surface area contributed by atoms with Crippen LogP contribution >= 0.6 is 0 Å². The van der Waals surface area contributed by atoms with Crippen molar-refractivity contribution in [1.82, 2.24) is 5.16 Å². The first kappa shape index (κ1) is 15.7. The van der Waals surface area contributed by atoms with Crippen LogP contribution in [0.15, 0.2) is 22.7 Å². The molecule has 0 saturated heterocycles. The van der Waals surface area contributed by atoms with Crippen LogP contribution in [-0.2, 0) is 11.2 Å². The lowest BCUT2D eigenvalue weighted by Gasteiger charge is -2.13. The Morgan fingerprint density at radius 3 is 2.23 bits per heavy atom. The predicted octanol–water partition coefficient (Wildman–Crippen LogP) is 2.19. The molecule has 1 aromatic carbocycles. The number of hydrogen-bond acceptors (Lipinski definition) is 6. The molecule has 1 N–H and O–H groups in total. The molecule has 0 saturated carbocycles. The third-order valence-corrected chi connectivity index (χ3v) is 2.98. The highest BCUT2D eigenvalue weighted by molar-refractivity contribution is 5.91. The lowest BCUT2D eigenvalue weighted by atomic mass is 10.1. The smallest absolute Gasteiger partial charge is 0.230 e. The number of aromatic nitrogens is 1. The Hall–Kier alpha value is -2.70. The van der Waals surface area contributed by atoms with Crippen molar-refractivity contribution < 1.29 is 23.5 Å². The summed E-state index contributed by atoms with van der Waals surface area (Å²) in [5.41, 5.74) is 0.729. The van der Waals surface area contributed by atoms with Gasteiger partial charge in [0.05, 0.1) is 27.8 Å². The van der Waals surface area contributed by atoms with E-state index in [4.69, 9.17) is 18.7 Å². The zero-order valence-corrected chi connectivity index (χ0v) is 12.9. The number of ether oxygens (including phenoxy) is 3. The maximum Gasteiger partial charge on any atom is 0.230 e. The van der Waals surface area contributed by atoms with Crippen molar-refractivity contribution >= 4 is 11.7 Å². The summed E-state index contributed by atoms with van der Waals surface area (Å²) in [6.07, 6.45) is 0.141. The number of benzene rings is 1. The van der Waals surface area contributed by atoms with E-state index in [0.717, 1.165) is 5.56 Å². The van der Waals surface area contributed by atoms with Crippen LogP contribution in [0.25, 0.3) is 0 Å². The summed E-state index contributed by atoms with van der Waals surface area (Å²) >= 11 is 0. The fourth-order valence-electron chi connectivity index (χ4n) is 2.04.